The highest BCUT2D eigenvalue weighted by Gasteiger charge is 2.53. The molecule has 2 saturated heterocycles. The maximum Gasteiger partial charge on any atom is 0.256 e. The topological polar surface area (TPSA) is 64.0 Å². The molecule has 1 amide bonds. The van der Waals surface area contributed by atoms with Crippen LogP contribution in [0.25, 0.3) is 0 Å². The Balaban J connectivity index is 1.77. The summed E-state index contributed by atoms with van der Waals surface area (Å²) in [5, 5.41) is 20.2. The van der Waals surface area contributed by atoms with Crippen molar-refractivity contribution in [1.82, 2.24) is 9.80 Å². The van der Waals surface area contributed by atoms with Crippen LogP contribution in [0.3, 0.4) is 0 Å². The minimum atomic E-state index is -0.799. The number of aliphatic hydroxyl groups excluding tert-OH is 2. The number of piperazine rings is 1. The summed E-state index contributed by atoms with van der Waals surface area (Å²) in [5.41, 5.74) is 1.84. The van der Waals surface area contributed by atoms with Gasteiger partial charge in [-0.15, -0.1) is 0 Å². The van der Waals surface area contributed by atoms with Crippen LogP contribution in [0.4, 0.5) is 0 Å². The number of nitrogens with zero attached hydrogens (tertiary/aromatic N) is 2. The third-order valence-corrected chi connectivity index (χ3v) is 6.33. The maximum atomic E-state index is 12.9. The van der Waals surface area contributed by atoms with E-state index in [1.807, 2.05) is 36.9 Å². The van der Waals surface area contributed by atoms with Crippen LogP contribution in [0.15, 0.2) is 23.1 Å². The molecule has 0 aromatic heterocycles. The molecular formula is C16H20N2O3S. The van der Waals surface area contributed by atoms with Gasteiger partial charge in [0.2, 0.25) is 0 Å². The zero-order valence-corrected chi connectivity index (χ0v) is 13.5. The second-order valence-corrected chi connectivity index (χ2v) is 7.73. The van der Waals surface area contributed by atoms with Crippen molar-refractivity contribution >= 4 is 17.7 Å². The van der Waals surface area contributed by atoms with Crippen LogP contribution in [0.1, 0.15) is 22.8 Å². The van der Waals surface area contributed by atoms with Crippen molar-refractivity contribution in [2.45, 2.75) is 48.4 Å². The van der Waals surface area contributed by atoms with Gasteiger partial charge >= 0.3 is 0 Å². The lowest BCUT2D eigenvalue weighted by Gasteiger charge is -2.50. The number of thioether (sulfide) groups is 1. The third kappa shape index (κ3) is 1.94. The van der Waals surface area contributed by atoms with Gasteiger partial charge < -0.3 is 15.1 Å². The molecule has 1 aromatic carbocycles. The maximum absolute atomic E-state index is 12.9. The second-order valence-electron chi connectivity index (χ2n) is 6.57. The normalized spacial score (nSPS) is 37.7. The summed E-state index contributed by atoms with van der Waals surface area (Å²) in [6.45, 7) is 5.21. The van der Waals surface area contributed by atoms with Crippen molar-refractivity contribution in [3.63, 3.8) is 0 Å². The van der Waals surface area contributed by atoms with Crippen LogP contribution in [-0.4, -0.2) is 68.7 Å². The Morgan fingerprint density at radius 1 is 1.27 bits per heavy atom. The lowest BCUT2D eigenvalue weighted by atomic mass is 10.0. The van der Waals surface area contributed by atoms with Crippen molar-refractivity contribution in [3.05, 3.63) is 29.3 Å². The molecule has 0 unspecified atom stereocenters. The summed E-state index contributed by atoms with van der Waals surface area (Å²) in [6.07, 6.45) is -1.53. The molecule has 22 heavy (non-hydrogen) atoms. The van der Waals surface area contributed by atoms with Crippen LogP contribution in [0, 0.1) is 6.92 Å². The van der Waals surface area contributed by atoms with Gasteiger partial charge in [-0.3, -0.25) is 9.69 Å². The fraction of sp³-hybridized carbons (Fsp3) is 0.562. The minimum Gasteiger partial charge on any atom is -0.389 e. The molecule has 4 rings (SSSR count). The van der Waals surface area contributed by atoms with E-state index in [0.29, 0.717) is 13.1 Å². The number of hydrogen-bond donors (Lipinski definition) is 2. The zero-order chi connectivity index (χ0) is 15.6. The number of amides is 1. The van der Waals surface area contributed by atoms with Crippen molar-refractivity contribution < 1.29 is 15.0 Å². The molecule has 3 aliphatic heterocycles. The number of fused-ring (bicyclic) bond motifs is 4. The number of hydrogen-bond acceptors (Lipinski definition) is 5. The van der Waals surface area contributed by atoms with Crippen LogP contribution in [0.2, 0.25) is 0 Å². The van der Waals surface area contributed by atoms with Gasteiger partial charge in [0.15, 0.2) is 0 Å². The third-order valence-electron chi connectivity index (χ3n) is 4.97. The number of aryl methyl sites for hydroxylation is 1. The van der Waals surface area contributed by atoms with E-state index in [2.05, 4.69) is 4.90 Å². The fourth-order valence-corrected chi connectivity index (χ4v) is 5.50. The van der Waals surface area contributed by atoms with Crippen LogP contribution in [-0.2, 0) is 0 Å². The van der Waals surface area contributed by atoms with Crippen LogP contribution < -0.4 is 0 Å². The zero-order valence-electron chi connectivity index (χ0n) is 12.6. The largest absolute Gasteiger partial charge is 0.389 e. The molecule has 2 fully saturated rings. The monoisotopic (exact) mass is 320 g/mol. The molecule has 0 bridgehead atoms. The average Bonchev–Trinajstić information content (AvgIpc) is 2.74. The molecule has 5 nitrogen and oxygen atoms in total. The first-order valence-electron chi connectivity index (χ1n) is 7.67. The van der Waals surface area contributed by atoms with E-state index < -0.39 is 12.2 Å². The van der Waals surface area contributed by atoms with Crippen molar-refractivity contribution in [2.75, 3.05) is 13.1 Å². The predicted octanol–water partition coefficient (Wildman–Crippen LogP) is 0.677. The lowest BCUT2D eigenvalue weighted by Crippen LogP contribution is -2.64. The Labute approximate surface area is 133 Å². The summed E-state index contributed by atoms with van der Waals surface area (Å²) in [7, 11) is 0. The molecule has 0 radical (unpaired) electrons. The van der Waals surface area contributed by atoms with E-state index in [-0.39, 0.29) is 23.4 Å². The van der Waals surface area contributed by atoms with E-state index in [9.17, 15) is 15.0 Å². The predicted molar refractivity (Wildman–Crippen MR) is 83.8 cm³/mol. The van der Waals surface area contributed by atoms with Gasteiger partial charge in [-0.2, -0.15) is 0 Å². The Morgan fingerprint density at radius 2 is 2.05 bits per heavy atom. The van der Waals surface area contributed by atoms with Gasteiger partial charge in [-0.25, -0.2) is 0 Å². The standard InChI is InChI=1S/C16H20N2O3S/c1-8-3-4-12-10(5-8)15(21)18-9(2)6-17-7-11(19)14(20)13(17)16(18)22-12/h3-5,9,11,13-14,16,19-20H,6-7H2,1-2H3/t9-,11-,13-,14-,16+/m1/s1. The van der Waals surface area contributed by atoms with Gasteiger partial charge in [0, 0.05) is 24.0 Å². The van der Waals surface area contributed by atoms with Crippen molar-refractivity contribution in [1.29, 1.82) is 0 Å². The molecule has 0 spiro atoms. The lowest BCUT2D eigenvalue weighted by molar-refractivity contribution is -0.00617. The van der Waals surface area contributed by atoms with Crippen LogP contribution >= 0.6 is 11.8 Å². The summed E-state index contributed by atoms with van der Waals surface area (Å²) in [5.74, 6) is 0.0446. The summed E-state index contributed by atoms with van der Waals surface area (Å²) in [4.78, 5) is 17.9. The average molecular weight is 320 g/mol. The molecule has 0 aliphatic carbocycles. The number of aliphatic hydroxyl groups is 2. The molecule has 3 heterocycles. The molecule has 5 atom stereocenters. The molecule has 2 N–H and O–H groups in total. The molecule has 0 saturated carbocycles. The number of carbonyl (C=O) groups is 1. The van der Waals surface area contributed by atoms with Gasteiger partial charge in [-0.05, 0) is 26.0 Å². The Morgan fingerprint density at radius 3 is 2.82 bits per heavy atom. The molecule has 3 aliphatic rings. The Hall–Kier alpha value is -1.08. The smallest absolute Gasteiger partial charge is 0.256 e. The van der Waals surface area contributed by atoms with Gasteiger partial charge in [-0.1, -0.05) is 23.4 Å². The van der Waals surface area contributed by atoms with Gasteiger partial charge in [0.05, 0.1) is 23.8 Å². The number of benzene rings is 1. The highest BCUT2D eigenvalue weighted by atomic mass is 32.2. The molecule has 6 heteroatoms. The van der Waals surface area contributed by atoms with Crippen molar-refractivity contribution in [3.8, 4) is 0 Å². The first kappa shape index (κ1) is 14.5. The van der Waals surface area contributed by atoms with Crippen molar-refractivity contribution in [2.24, 2.45) is 0 Å². The Bertz CT molecular complexity index is 638. The highest BCUT2D eigenvalue weighted by Crippen LogP contribution is 2.44. The highest BCUT2D eigenvalue weighted by molar-refractivity contribution is 8.00. The first-order chi connectivity index (χ1) is 10.5. The van der Waals surface area contributed by atoms with E-state index in [0.717, 1.165) is 16.0 Å². The fourth-order valence-electron chi connectivity index (χ4n) is 3.93. The molecule has 1 aromatic rings. The van der Waals surface area contributed by atoms with E-state index in [1.165, 1.54) is 0 Å². The first-order valence-corrected chi connectivity index (χ1v) is 8.55. The molecular weight excluding hydrogens is 300 g/mol. The second kappa shape index (κ2) is 4.96. The summed E-state index contributed by atoms with van der Waals surface area (Å²) >= 11 is 1.63. The van der Waals surface area contributed by atoms with Gasteiger partial charge in [0.1, 0.15) is 5.37 Å². The minimum absolute atomic E-state index is 0.0446. The SMILES string of the molecule is Cc1ccc2c(c1)C(=O)N1[C@H](C)CN3C[C@@H](O)[C@@H](O)[C@@H]3[C@@H]1S2. The van der Waals surface area contributed by atoms with E-state index >= 15 is 0 Å². The van der Waals surface area contributed by atoms with E-state index in [4.69, 9.17) is 0 Å². The summed E-state index contributed by atoms with van der Waals surface area (Å²) in [6, 6.07) is 5.83. The number of carbonyl (C=O) groups excluding carboxylic acids is 1. The van der Waals surface area contributed by atoms with Gasteiger partial charge in [0.25, 0.3) is 5.91 Å². The Kier molecular flexibility index (Phi) is 3.27. The number of rotatable bonds is 0. The van der Waals surface area contributed by atoms with Crippen LogP contribution in [0.5, 0.6) is 0 Å². The molecule has 118 valence electrons. The summed E-state index contributed by atoms with van der Waals surface area (Å²) < 4.78 is 0. The van der Waals surface area contributed by atoms with E-state index in [1.54, 1.807) is 11.8 Å². The quantitative estimate of drug-likeness (QED) is 0.736.